The molecule has 0 aliphatic carbocycles. The van der Waals surface area contributed by atoms with Gasteiger partial charge in [-0.05, 0) is 29.7 Å². The number of nitrogens with two attached hydrogens (primary N) is 1. The molecule has 0 saturated carbocycles. The molecule has 0 aromatic heterocycles. The Balaban J connectivity index is 2.13. The van der Waals surface area contributed by atoms with Gasteiger partial charge in [-0.15, -0.1) is 0 Å². The van der Waals surface area contributed by atoms with Gasteiger partial charge in [0.1, 0.15) is 5.92 Å². The summed E-state index contributed by atoms with van der Waals surface area (Å²) in [6, 6.07) is 13.3. The molecule has 1 aliphatic rings. The van der Waals surface area contributed by atoms with E-state index in [1.807, 2.05) is 42.5 Å². The second-order valence-electron chi connectivity index (χ2n) is 5.63. The number of benzene rings is 2. The average Bonchev–Trinajstić information content (AvgIpc) is 2.61. The number of aliphatic imine (C=N–C) groups is 1. The highest BCUT2D eigenvalue weighted by molar-refractivity contribution is 6.18. The van der Waals surface area contributed by atoms with E-state index in [1.54, 1.807) is 14.2 Å². The summed E-state index contributed by atoms with van der Waals surface area (Å²) in [5.41, 5.74) is 9.22. The van der Waals surface area contributed by atoms with Gasteiger partial charge in [-0.2, -0.15) is 0 Å². The molecular weight excluding hydrogens is 304 g/mol. The Bertz CT molecular complexity index is 785. The summed E-state index contributed by atoms with van der Waals surface area (Å²) in [5.74, 6) is 0.293. The summed E-state index contributed by atoms with van der Waals surface area (Å²) in [6.45, 7) is 0.619. The third-order valence-corrected chi connectivity index (χ3v) is 4.24. The topological polar surface area (TPSA) is 73.9 Å². The quantitative estimate of drug-likeness (QED) is 0.917. The molecule has 0 fully saturated rings. The molecular formula is C19H20N2O3. The summed E-state index contributed by atoms with van der Waals surface area (Å²) < 4.78 is 10.8. The summed E-state index contributed by atoms with van der Waals surface area (Å²) in [5, 5.41) is 0. The molecule has 24 heavy (non-hydrogen) atoms. The molecule has 3 rings (SSSR count). The molecule has 1 amide bonds. The Labute approximate surface area is 141 Å². The van der Waals surface area contributed by atoms with E-state index < -0.39 is 11.8 Å². The van der Waals surface area contributed by atoms with Crippen molar-refractivity contribution >= 4 is 11.6 Å². The molecule has 1 aliphatic heterocycles. The van der Waals surface area contributed by atoms with E-state index in [0.29, 0.717) is 23.8 Å². The van der Waals surface area contributed by atoms with Crippen molar-refractivity contribution in [3.63, 3.8) is 0 Å². The minimum atomic E-state index is -0.580. The maximum atomic E-state index is 12.2. The van der Waals surface area contributed by atoms with Gasteiger partial charge in [0.2, 0.25) is 5.91 Å². The SMILES string of the molecule is COc1cc2c(cc1OC)C(C(C(N)=O)c1ccccc1)=NCC2. The molecule has 0 bridgehead atoms. The van der Waals surface area contributed by atoms with Gasteiger partial charge >= 0.3 is 0 Å². The number of hydrogen-bond donors (Lipinski definition) is 1. The molecule has 1 heterocycles. The van der Waals surface area contributed by atoms with Crippen molar-refractivity contribution in [3.05, 3.63) is 59.2 Å². The highest BCUT2D eigenvalue weighted by atomic mass is 16.5. The normalized spacial score (nSPS) is 14.3. The second-order valence-corrected chi connectivity index (χ2v) is 5.63. The Morgan fingerprint density at radius 3 is 2.42 bits per heavy atom. The summed E-state index contributed by atoms with van der Waals surface area (Å²) in [7, 11) is 3.20. The second kappa shape index (κ2) is 6.74. The van der Waals surface area contributed by atoms with Crippen molar-refractivity contribution in [1.29, 1.82) is 0 Å². The van der Waals surface area contributed by atoms with Crippen LogP contribution in [0, 0.1) is 0 Å². The molecule has 0 saturated heterocycles. The summed E-state index contributed by atoms with van der Waals surface area (Å²) >= 11 is 0. The molecule has 0 radical (unpaired) electrons. The third kappa shape index (κ3) is 2.85. The lowest BCUT2D eigenvalue weighted by atomic mass is 9.85. The van der Waals surface area contributed by atoms with Gasteiger partial charge in [-0.1, -0.05) is 30.3 Å². The van der Waals surface area contributed by atoms with E-state index >= 15 is 0 Å². The predicted molar refractivity (Wildman–Crippen MR) is 93.0 cm³/mol. The van der Waals surface area contributed by atoms with Crippen LogP contribution in [0.1, 0.15) is 22.6 Å². The van der Waals surface area contributed by atoms with E-state index in [9.17, 15) is 4.79 Å². The van der Waals surface area contributed by atoms with Gasteiger partial charge < -0.3 is 15.2 Å². The number of carbonyl (C=O) groups excluding carboxylic acids is 1. The molecule has 2 aromatic rings. The van der Waals surface area contributed by atoms with Crippen LogP contribution in [-0.4, -0.2) is 32.4 Å². The van der Waals surface area contributed by atoms with Gasteiger partial charge in [-0.3, -0.25) is 9.79 Å². The van der Waals surface area contributed by atoms with Crippen LogP contribution in [0.2, 0.25) is 0 Å². The van der Waals surface area contributed by atoms with Gasteiger partial charge in [-0.25, -0.2) is 0 Å². The van der Waals surface area contributed by atoms with Gasteiger partial charge in [0, 0.05) is 12.1 Å². The minimum Gasteiger partial charge on any atom is -0.493 e. The van der Waals surface area contributed by atoms with Crippen LogP contribution in [0.3, 0.4) is 0 Å². The van der Waals surface area contributed by atoms with Gasteiger partial charge in [0.05, 0.1) is 19.9 Å². The maximum Gasteiger partial charge on any atom is 0.231 e. The largest absolute Gasteiger partial charge is 0.493 e. The standard InChI is InChI=1S/C19H20N2O3/c1-23-15-10-13-8-9-21-18(14(13)11-16(15)24-2)17(19(20)22)12-6-4-3-5-7-12/h3-7,10-11,17H,8-9H2,1-2H3,(H2,20,22). The molecule has 1 unspecified atom stereocenters. The number of ether oxygens (including phenoxy) is 2. The molecule has 2 N–H and O–H groups in total. The van der Waals surface area contributed by atoms with Crippen molar-refractivity contribution in [2.45, 2.75) is 12.3 Å². The molecule has 124 valence electrons. The first-order chi connectivity index (χ1) is 11.7. The zero-order valence-electron chi connectivity index (χ0n) is 13.8. The first-order valence-electron chi connectivity index (χ1n) is 7.79. The summed E-state index contributed by atoms with van der Waals surface area (Å²) in [6.07, 6.45) is 0.791. The zero-order valence-corrected chi connectivity index (χ0v) is 13.8. The Hall–Kier alpha value is -2.82. The zero-order chi connectivity index (χ0) is 17.1. The van der Waals surface area contributed by atoms with E-state index in [4.69, 9.17) is 15.2 Å². The van der Waals surface area contributed by atoms with Crippen molar-refractivity contribution in [3.8, 4) is 11.5 Å². The lowest BCUT2D eigenvalue weighted by Crippen LogP contribution is -2.31. The van der Waals surface area contributed by atoms with E-state index in [1.165, 1.54) is 0 Å². The monoisotopic (exact) mass is 324 g/mol. The number of primary amides is 1. The van der Waals surface area contributed by atoms with Crippen molar-refractivity contribution in [2.75, 3.05) is 20.8 Å². The molecule has 5 nitrogen and oxygen atoms in total. The first kappa shape index (κ1) is 16.1. The van der Waals surface area contributed by atoms with Crippen molar-refractivity contribution < 1.29 is 14.3 Å². The fraction of sp³-hybridized carbons (Fsp3) is 0.263. The third-order valence-electron chi connectivity index (χ3n) is 4.24. The van der Waals surface area contributed by atoms with Crippen LogP contribution in [-0.2, 0) is 11.2 Å². The van der Waals surface area contributed by atoms with Crippen LogP contribution < -0.4 is 15.2 Å². The highest BCUT2D eigenvalue weighted by Crippen LogP contribution is 2.35. The Kier molecular flexibility index (Phi) is 4.51. The van der Waals surface area contributed by atoms with Crippen LogP contribution in [0.5, 0.6) is 11.5 Å². The van der Waals surface area contributed by atoms with E-state index in [2.05, 4.69) is 4.99 Å². The Morgan fingerprint density at radius 1 is 1.12 bits per heavy atom. The van der Waals surface area contributed by atoms with Crippen molar-refractivity contribution in [1.82, 2.24) is 0 Å². The minimum absolute atomic E-state index is 0.414. The molecule has 1 atom stereocenters. The lowest BCUT2D eigenvalue weighted by molar-refractivity contribution is -0.118. The lowest BCUT2D eigenvalue weighted by Gasteiger charge is -2.24. The molecule has 5 heteroatoms. The van der Waals surface area contributed by atoms with Crippen LogP contribution in [0.15, 0.2) is 47.5 Å². The van der Waals surface area contributed by atoms with Crippen LogP contribution in [0.25, 0.3) is 0 Å². The fourth-order valence-electron chi connectivity index (χ4n) is 3.10. The molecule has 0 spiro atoms. The molecule has 2 aromatic carbocycles. The van der Waals surface area contributed by atoms with Crippen molar-refractivity contribution in [2.24, 2.45) is 10.7 Å². The smallest absolute Gasteiger partial charge is 0.231 e. The fourth-order valence-corrected chi connectivity index (χ4v) is 3.10. The number of fused-ring (bicyclic) bond motifs is 1. The van der Waals surface area contributed by atoms with Crippen LogP contribution in [0.4, 0.5) is 0 Å². The number of rotatable bonds is 5. The summed E-state index contributed by atoms with van der Waals surface area (Å²) in [4.78, 5) is 16.8. The number of hydrogen-bond acceptors (Lipinski definition) is 4. The first-order valence-corrected chi connectivity index (χ1v) is 7.79. The van der Waals surface area contributed by atoms with E-state index in [-0.39, 0.29) is 0 Å². The van der Waals surface area contributed by atoms with Gasteiger partial charge in [0.25, 0.3) is 0 Å². The predicted octanol–water partition coefficient (Wildman–Crippen LogP) is 2.32. The Morgan fingerprint density at radius 2 is 1.79 bits per heavy atom. The highest BCUT2D eigenvalue weighted by Gasteiger charge is 2.29. The van der Waals surface area contributed by atoms with E-state index in [0.717, 1.165) is 23.1 Å². The van der Waals surface area contributed by atoms with Gasteiger partial charge in [0.15, 0.2) is 11.5 Å². The number of nitrogens with zero attached hydrogens (tertiary/aromatic N) is 1. The number of amides is 1. The average molecular weight is 324 g/mol. The van der Waals surface area contributed by atoms with Crippen LogP contribution >= 0.6 is 0 Å². The maximum absolute atomic E-state index is 12.2. The number of carbonyl (C=O) groups is 1. The number of methoxy groups -OCH3 is 2.